The van der Waals surface area contributed by atoms with Gasteiger partial charge in [0.15, 0.2) is 0 Å². The molecule has 200 valence electrons. The summed E-state index contributed by atoms with van der Waals surface area (Å²) in [5, 5.41) is -0.437. The lowest BCUT2D eigenvalue weighted by Crippen LogP contribution is -2.31. The molecule has 0 spiro atoms. The fourth-order valence-corrected chi connectivity index (χ4v) is 8.20. The van der Waals surface area contributed by atoms with Gasteiger partial charge < -0.3 is 4.98 Å². The smallest absolute Gasteiger partial charge is 0.241 e. The monoisotopic (exact) mass is 638 g/mol. The lowest BCUT2D eigenvalue weighted by atomic mass is 10.0. The Morgan fingerprint density at radius 1 is 1.18 bits per heavy atom. The molecule has 4 aromatic rings. The van der Waals surface area contributed by atoms with Gasteiger partial charge in [0, 0.05) is 9.50 Å². The Balaban J connectivity index is 1.49. The first kappa shape index (κ1) is 27.1. The van der Waals surface area contributed by atoms with Gasteiger partial charge in [-0.1, -0.05) is 57.9 Å². The second-order valence-electron chi connectivity index (χ2n) is 9.09. The number of H-pyrrole nitrogens is 1. The third kappa shape index (κ3) is 5.48. The third-order valence-corrected chi connectivity index (χ3v) is 10.7. The van der Waals surface area contributed by atoms with Gasteiger partial charge >= 0.3 is 0 Å². The van der Waals surface area contributed by atoms with E-state index in [-0.39, 0.29) is 17.7 Å². The number of para-hydroxylation sites is 2. The molecule has 0 saturated carbocycles. The van der Waals surface area contributed by atoms with Crippen molar-refractivity contribution in [1.82, 2.24) is 19.4 Å². The van der Waals surface area contributed by atoms with Crippen molar-refractivity contribution in [3.05, 3.63) is 92.7 Å². The van der Waals surface area contributed by atoms with Gasteiger partial charge in [-0.3, -0.25) is 18.6 Å². The molecule has 2 heterocycles. The Kier molecular flexibility index (Phi) is 7.33. The predicted molar refractivity (Wildman–Crippen MR) is 152 cm³/mol. The zero-order valence-electron chi connectivity index (χ0n) is 20.0. The van der Waals surface area contributed by atoms with Gasteiger partial charge in [0.25, 0.3) is 0 Å². The molecule has 1 saturated heterocycles. The van der Waals surface area contributed by atoms with Crippen LogP contribution in [0.4, 0.5) is 0 Å². The van der Waals surface area contributed by atoms with Crippen LogP contribution in [0, 0.1) is 6.92 Å². The SMILES string of the molecule is Cc1ccc(S(=O)(=O)NC(Cc2ccc(C3CC(=O)NS3(O)O)c(Br)c2)c2nc3ccccc3[nH]2)cc1Cl. The maximum atomic E-state index is 13.4. The molecule has 1 aliphatic heterocycles. The molecule has 2 unspecified atom stereocenters. The zero-order valence-corrected chi connectivity index (χ0v) is 24.0. The van der Waals surface area contributed by atoms with Crippen LogP contribution in [0.15, 0.2) is 70.0 Å². The van der Waals surface area contributed by atoms with Crippen LogP contribution in [0.25, 0.3) is 11.0 Å². The number of aromatic nitrogens is 2. The fraction of sp³-hybridized carbons (Fsp3) is 0.200. The van der Waals surface area contributed by atoms with Gasteiger partial charge in [-0.05, 0) is 60.4 Å². The van der Waals surface area contributed by atoms with Crippen LogP contribution in [0.2, 0.25) is 5.02 Å². The number of aromatic amines is 1. The van der Waals surface area contributed by atoms with Gasteiger partial charge in [0.2, 0.25) is 15.9 Å². The summed E-state index contributed by atoms with van der Waals surface area (Å²) >= 11 is 9.69. The second-order valence-corrected chi connectivity index (χ2v) is 14.0. The summed E-state index contributed by atoms with van der Waals surface area (Å²) in [5.74, 6) is 0.00879. The number of carbonyl (C=O) groups is 1. The van der Waals surface area contributed by atoms with Gasteiger partial charge in [-0.2, -0.15) is 0 Å². The van der Waals surface area contributed by atoms with E-state index in [0.29, 0.717) is 26.4 Å². The van der Waals surface area contributed by atoms with E-state index in [0.717, 1.165) is 16.6 Å². The summed E-state index contributed by atoms with van der Waals surface area (Å²) in [5.41, 5.74) is 3.56. The molecular weight excluding hydrogens is 616 g/mol. The van der Waals surface area contributed by atoms with Gasteiger partial charge in [-0.25, -0.2) is 18.1 Å². The molecule has 1 fully saturated rings. The number of amides is 1. The molecule has 3 aromatic carbocycles. The van der Waals surface area contributed by atoms with Crippen molar-refractivity contribution in [2.45, 2.75) is 36.0 Å². The maximum Gasteiger partial charge on any atom is 0.241 e. The maximum absolute atomic E-state index is 13.4. The number of fused-ring (bicyclic) bond motifs is 1. The van der Waals surface area contributed by atoms with E-state index in [1.165, 1.54) is 12.1 Å². The summed E-state index contributed by atoms with van der Waals surface area (Å²) in [7, 11) is -7.29. The molecule has 0 radical (unpaired) electrons. The lowest BCUT2D eigenvalue weighted by Gasteiger charge is -2.33. The molecule has 5 rings (SSSR count). The number of carbonyl (C=O) groups excluding carboxylic acids is 1. The minimum absolute atomic E-state index is 0.0364. The van der Waals surface area contributed by atoms with Crippen LogP contribution in [0.1, 0.15) is 40.2 Å². The number of rotatable bonds is 7. The van der Waals surface area contributed by atoms with Crippen molar-refractivity contribution in [2.75, 3.05) is 0 Å². The number of halogens is 2. The molecule has 5 N–H and O–H groups in total. The minimum atomic E-state index is -3.97. The average Bonchev–Trinajstić information content (AvgIpc) is 3.39. The van der Waals surface area contributed by atoms with Crippen LogP contribution >= 0.6 is 38.3 Å². The largest absolute Gasteiger partial charge is 0.341 e. The summed E-state index contributed by atoms with van der Waals surface area (Å²) in [6.45, 7) is 1.79. The highest BCUT2D eigenvalue weighted by molar-refractivity contribution is 9.10. The minimum Gasteiger partial charge on any atom is -0.341 e. The number of imidazole rings is 1. The van der Waals surface area contributed by atoms with Crippen molar-refractivity contribution >= 4 is 65.3 Å². The van der Waals surface area contributed by atoms with E-state index >= 15 is 0 Å². The van der Waals surface area contributed by atoms with Crippen molar-refractivity contribution in [1.29, 1.82) is 0 Å². The third-order valence-electron chi connectivity index (χ3n) is 6.37. The molecule has 0 bridgehead atoms. The molecule has 9 nitrogen and oxygen atoms in total. The van der Waals surface area contributed by atoms with E-state index in [9.17, 15) is 22.3 Å². The standard InChI is InChI=1S/C25H24BrClN4O5S2/c1-14-6-8-16(12-19(14)27)37(33,34)30-22(25-28-20-4-2-3-5-21(20)29-25)11-15-7-9-17(18(26)10-15)23-13-24(32)31-38(23,35)36/h2-10,12,22-23,30,35-36H,11,13H2,1H3,(H,28,29)(H,31,32). The van der Waals surface area contributed by atoms with Crippen LogP contribution in [-0.4, -0.2) is 33.4 Å². The number of nitrogens with one attached hydrogen (secondary N) is 3. The first-order valence-electron chi connectivity index (χ1n) is 11.5. The molecule has 38 heavy (non-hydrogen) atoms. The van der Waals surface area contributed by atoms with Crippen LogP contribution < -0.4 is 9.44 Å². The lowest BCUT2D eigenvalue weighted by molar-refractivity contribution is -0.118. The Bertz CT molecular complexity index is 1630. The highest BCUT2D eigenvalue weighted by Crippen LogP contribution is 2.57. The Morgan fingerprint density at radius 3 is 2.61 bits per heavy atom. The Hall–Kier alpha value is -2.45. The molecule has 2 atom stereocenters. The summed E-state index contributed by atoms with van der Waals surface area (Å²) in [6.07, 6.45) is 0.191. The first-order valence-corrected chi connectivity index (χ1v) is 15.8. The average molecular weight is 640 g/mol. The van der Waals surface area contributed by atoms with Gasteiger partial charge in [0.1, 0.15) is 11.1 Å². The predicted octanol–water partition coefficient (Wildman–Crippen LogP) is 5.78. The number of aryl methyl sites for hydroxylation is 1. The quantitative estimate of drug-likeness (QED) is 0.174. The second kappa shape index (κ2) is 10.3. The molecule has 1 amide bonds. The van der Waals surface area contributed by atoms with Crippen LogP contribution in [0.3, 0.4) is 0 Å². The van der Waals surface area contributed by atoms with E-state index in [1.54, 1.807) is 31.2 Å². The summed E-state index contributed by atoms with van der Waals surface area (Å²) < 4.78 is 52.9. The zero-order chi connectivity index (χ0) is 27.2. The number of sulfonamides is 1. The van der Waals surface area contributed by atoms with E-state index in [2.05, 4.69) is 35.3 Å². The molecule has 1 aromatic heterocycles. The van der Waals surface area contributed by atoms with Gasteiger partial charge in [-0.15, -0.1) is 10.8 Å². The number of benzene rings is 3. The Morgan fingerprint density at radius 2 is 1.95 bits per heavy atom. The van der Waals surface area contributed by atoms with E-state index in [4.69, 9.17) is 11.6 Å². The van der Waals surface area contributed by atoms with E-state index in [1.807, 2.05) is 24.3 Å². The number of hydrogen-bond acceptors (Lipinski definition) is 6. The fourth-order valence-electron chi connectivity index (χ4n) is 4.37. The Labute approximate surface area is 234 Å². The molecule has 13 heteroatoms. The molecule has 0 aliphatic carbocycles. The first-order chi connectivity index (χ1) is 17.9. The topological polar surface area (TPSA) is 144 Å². The number of nitrogens with zero attached hydrogens (tertiary/aromatic N) is 1. The summed E-state index contributed by atoms with van der Waals surface area (Å²) in [4.78, 5) is 19.6. The van der Waals surface area contributed by atoms with Crippen molar-refractivity contribution < 1.29 is 22.3 Å². The highest BCUT2D eigenvalue weighted by atomic mass is 79.9. The molecular formula is C25H24BrClN4O5S2. The van der Waals surface area contributed by atoms with Crippen molar-refractivity contribution in [2.24, 2.45) is 0 Å². The highest BCUT2D eigenvalue weighted by Gasteiger charge is 2.39. The van der Waals surface area contributed by atoms with Gasteiger partial charge in [0.05, 0.1) is 28.4 Å². The number of hydrogen-bond donors (Lipinski definition) is 5. The normalized spacial score (nSPS) is 18.9. The van der Waals surface area contributed by atoms with E-state index < -0.39 is 38.0 Å². The molecule has 1 aliphatic rings. The van der Waals surface area contributed by atoms with Crippen LogP contribution in [0.5, 0.6) is 0 Å². The van der Waals surface area contributed by atoms with Crippen molar-refractivity contribution in [3.63, 3.8) is 0 Å². The van der Waals surface area contributed by atoms with Crippen molar-refractivity contribution in [3.8, 4) is 0 Å². The van der Waals surface area contributed by atoms with Crippen LogP contribution in [-0.2, 0) is 21.2 Å². The summed E-state index contributed by atoms with van der Waals surface area (Å²) in [6, 6.07) is 16.5.